The highest BCUT2D eigenvalue weighted by molar-refractivity contribution is 5.86. The number of nitrogens with zero attached hydrogens (tertiary/aromatic N) is 1. The number of hydrogen-bond donors (Lipinski definition) is 0. The van der Waals surface area contributed by atoms with Crippen LogP contribution in [-0.4, -0.2) is 11.6 Å². The smallest absolute Gasteiger partial charge is 0.344 e. The lowest BCUT2D eigenvalue weighted by atomic mass is 10.0. The van der Waals surface area contributed by atoms with Crippen LogP contribution in [0.5, 0.6) is 5.75 Å². The van der Waals surface area contributed by atoms with E-state index in [1.807, 2.05) is 66.7 Å². The van der Waals surface area contributed by atoms with Crippen molar-refractivity contribution >= 4 is 11.0 Å². The molecule has 0 spiro atoms. The monoisotopic (exact) mass is 383 g/mol. The first kappa shape index (κ1) is 17.7. The van der Waals surface area contributed by atoms with Gasteiger partial charge in [0.05, 0.1) is 11.1 Å². The number of benzene rings is 3. The third kappa shape index (κ3) is 3.22. The fourth-order valence-corrected chi connectivity index (χ4v) is 3.92. The van der Waals surface area contributed by atoms with E-state index in [0.717, 1.165) is 22.3 Å². The molecule has 3 aromatic carbocycles. The largest absolute Gasteiger partial charge is 0.478 e. The maximum Gasteiger partial charge on any atom is 0.344 e. The molecule has 0 aliphatic carbocycles. The molecule has 0 bridgehead atoms. The van der Waals surface area contributed by atoms with Crippen molar-refractivity contribution in [1.29, 1.82) is 0 Å². The van der Waals surface area contributed by atoms with Crippen molar-refractivity contribution in [1.82, 2.24) is 4.90 Å². The molecule has 4 heteroatoms. The van der Waals surface area contributed by atoms with E-state index in [2.05, 4.69) is 24.0 Å². The van der Waals surface area contributed by atoms with E-state index in [4.69, 9.17) is 9.15 Å². The van der Waals surface area contributed by atoms with Crippen LogP contribution in [0.25, 0.3) is 22.1 Å². The highest BCUT2D eigenvalue weighted by atomic mass is 16.5. The number of hydrogen-bond acceptors (Lipinski definition) is 4. The summed E-state index contributed by atoms with van der Waals surface area (Å²) < 4.78 is 11.8. The van der Waals surface area contributed by atoms with Crippen molar-refractivity contribution in [2.45, 2.75) is 19.5 Å². The van der Waals surface area contributed by atoms with Crippen molar-refractivity contribution in [3.05, 3.63) is 100 Å². The molecule has 29 heavy (non-hydrogen) atoms. The van der Waals surface area contributed by atoms with Crippen LogP contribution in [0.3, 0.4) is 0 Å². The van der Waals surface area contributed by atoms with Crippen LogP contribution < -0.4 is 10.4 Å². The van der Waals surface area contributed by atoms with Gasteiger partial charge in [0.1, 0.15) is 18.1 Å². The van der Waals surface area contributed by atoms with Crippen molar-refractivity contribution in [3.8, 4) is 16.9 Å². The summed E-state index contributed by atoms with van der Waals surface area (Å²) in [5.41, 5.74) is 3.86. The maximum absolute atomic E-state index is 12.7. The maximum atomic E-state index is 12.7. The molecule has 0 N–H and O–H groups in total. The fraction of sp³-hybridized carbons (Fsp3) is 0.160. The summed E-state index contributed by atoms with van der Waals surface area (Å²) >= 11 is 0. The Hall–Kier alpha value is -3.37. The van der Waals surface area contributed by atoms with Gasteiger partial charge in [-0.05, 0) is 36.2 Å². The van der Waals surface area contributed by atoms with E-state index < -0.39 is 0 Å². The minimum Gasteiger partial charge on any atom is -0.478 e. The van der Waals surface area contributed by atoms with Crippen LogP contribution in [-0.2, 0) is 6.54 Å². The SMILES string of the molecule is CC(c1ccccc1)N1COc2ccc3cc(-c4ccccc4)c(=O)oc3c2C1. The highest BCUT2D eigenvalue weighted by Gasteiger charge is 2.25. The molecule has 0 amide bonds. The van der Waals surface area contributed by atoms with Gasteiger partial charge in [-0.25, -0.2) is 4.79 Å². The molecule has 4 nitrogen and oxygen atoms in total. The van der Waals surface area contributed by atoms with Gasteiger partial charge in [-0.2, -0.15) is 0 Å². The van der Waals surface area contributed by atoms with Gasteiger partial charge in [0, 0.05) is 18.0 Å². The molecule has 1 aliphatic rings. The quantitative estimate of drug-likeness (QED) is 0.446. The van der Waals surface area contributed by atoms with E-state index in [0.29, 0.717) is 24.4 Å². The molecule has 144 valence electrons. The molecule has 1 aliphatic heterocycles. The average Bonchev–Trinajstić information content (AvgIpc) is 2.79. The summed E-state index contributed by atoms with van der Waals surface area (Å²) in [4.78, 5) is 15.0. The Morgan fingerprint density at radius 2 is 1.66 bits per heavy atom. The molecular formula is C25H21NO3. The third-order valence-corrected chi connectivity index (χ3v) is 5.62. The van der Waals surface area contributed by atoms with Crippen LogP contribution >= 0.6 is 0 Å². The molecule has 0 radical (unpaired) electrons. The van der Waals surface area contributed by atoms with Crippen LogP contribution in [0.4, 0.5) is 0 Å². The molecule has 0 saturated heterocycles. The zero-order chi connectivity index (χ0) is 19.8. The summed E-state index contributed by atoms with van der Waals surface area (Å²) in [6, 6.07) is 26.0. The van der Waals surface area contributed by atoms with Gasteiger partial charge < -0.3 is 9.15 Å². The summed E-state index contributed by atoms with van der Waals surface area (Å²) in [5, 5.41) is 0.903. The molecule has 0 fully saturated rings. The molecule has 5 rings (SSSR count). The fourth-order valence-electron chi connectivity index (χ4n) is 3.92. The van der Waals surface area contributed by atoms with Gasteiger partial charge in [-0.1, -0.05) is 60.7 Å². The lowest BCUT2D eigenvalue weighted by Gasteiger charge is -2.34. The molecule has 1 unspecified atom stereocenters. The van der Waals surface area contributed by atoms with Crippen LogP contribution in [0.2, 0.25) is 0 Å². The Bertz CT molecular complexity index is 1220. The minimum atomic E-state index is -0.328. The molecule has 4 aromatic rings. The van der Waals surface area contributed by atoms with Gasteiger partial charge in [-0.3, -0.25) is 4.90 Å². The topological polar surface area (TPSA) is 42.7 Å². The second-order valence-corrected chi connectivity index (χ2v) is 7.38. The minimum absolute atomic E-state index is 0.190. The Morgan fingerprint density at radius 1 is 0.931 bits per heavy atom. The third-order valence-electron chi connectivity index (χ3n) is 5.62. The molecule has 0 saturated carbocycles. The van der Waals surface area contributed by atoms with Crippen molar-refractivity contribution < 1.29 is 9.15 Å². The zero-order valence-corrected chi connectivity index (χ0v) is 16.2. The number of fused-ring (bicyclic) bond motifs is 3. The average molecular weight is 383 g/mol. The van der Waals surface area contributed by atoms with Crippen LogP contribution in [0.1, 0.15) is 24.1 Å². The Morgan fingerprint density at radius 3 is 2.41 bits per heavy atom. The summed E-state index contributed by atoms with van der Waals surface area (Å²) in [6.07, 6.45) is 0. The van der Waals surface area contributed by atoms with Crippen LogP contribution in [0, 0.1) is 0 Å². The van der Waals surface area contributed by atoms with Gasteiger partial charge in [0.15, 0.2) is 0 Å². The second-order valence-electron chi connectivity index (χ2n) is 7.38. The van der Waals surface area contributed by atoms with E-state index >= 15 is 0 Å². The van der Waals surface area contributed by atoms with E-state index in [1.165, 1.54) is 5.56 Å². The normalized spacial score (nSPS) is 14.9. The highest BCUT2D eigenvalue weighted by Crippen LogP contribution is 2.35. The van der Waals surface area contributed by atoms with Gasteiger partial charge in [0.25, 0.3) is 0 Å². The van der Waals surface area contributed by atoms with E-state index in [9.17, 15) is 4.79 Å². The Balaban J connectivity index is 1.56. The number of ether oxygens (including phenoxy) is 1. The summed E-state index contributed by atoms with van der Waals surface area (Å²) in [7, 11) is 0. The van der Waals surface area contributed by atoms with Crippen molar-refractivity contribution in [2.24, 2.45) is 0 Å². The lowest BCUT2D eigenvalue weighted by Crippen LogP contribution is -2.34. The zero-order valence-electron chi connectivity index (χ0n) is 16.2. The standard InChI is InChI=1S/C25H21NO3/c1-17(18-8-4-2-5-9-18)26-15-22-23(28-16-26)13-12-20-14-21(25(27)29-24(20)22)19-10-6-3-7-11-19/h2-14,17H,15-16H2,1H3. The summed E-state index contributed by atoms with van der Waals surface area (Å²) in [5.74, 6) is 0.782. The van der Waals surface area contributed by atoms with Gasteiger partial charge >= 0.3 is 5.63 Å². The summed E-state index contributed by atoms with van der Waals surface area (Å²) in [6.45, 7) is 3.33. The first-order valence-corrected chi connectivity index (χ1v) is 9.77. The lowest BCUT2D eigenvalue weighted by molar-refractivity contribution is 0.0620. The van der Waals surface area contributed by atoms with Gasteiger partial charge in [-0.15, -0.1) is 0 Å². The molecule has 1 atom stereocenters. The van der Waals surface area contributed by atoms with Gasteiger partial charge in [0.2, 0.25) is 0 Å². The van der Waals surface area contributed by atoms with Crippen LogP contribution in [0.15, 0.2) is 88.1 Å². The Labute approximate surface area is 169 Å². The molecule has 1 aromatic heterocycles. The predicted molar refractivity (Wildman–Crippen MR) is 114 cm³/mol. The van der Waals surface area contributed by atoms with E-state index in [1.54, 1.807) is 0 Å². The van der Waals surface area contributed by atoms with E-state index in [-0.39, 0.29) is 11.7 Å². The molecule has 2 heterocycles. The first-order chi connectivity index (χ1) is 14.2. The molecular weight excluding hydrogens is 362 g/mol. The number of rotatable bonds is 3. The Kier molecular flexibility index (Phi) is 4.41. The predicted octanol–water partition coefficient (Wildman–Crippen LogP) is 5.37. The van der Waals surface area contributed by atoms with Crippen molar-refractivity contribution in [2.75, 3.05) is 6.73 Å². The second kappa shape index (κ2) is 7.22. The van der Waals surface area contributed by atoms with Crippen molar-refractivity contribution in [3.63, 3.8) is 0 Å². The first-order valence-electron chi connectivity index (χ1n) is 9.77.